The van der Waals surface area contributed by atoms with Gasteiger partial charge in [-0.05, 0) is 19.8 Å². The molecule has 0 unspecified atom stereocenters. The molecule has 90 valence electrons. The molecule has 0 aromatic heterocycles. The van der Waals surface area contributed by atoms with Gasteiger partial charge in [-0.3, -0.25) is 0 Å². The van der Waals surface area contributed by atoms with Gasteiger partial charge in [-0.1, -0.05) is 26.1 Å². The quantitative estimate of drug-likeness (QED) is 0.489. The zero-order chi connectivity index (χ0) is 11.7. The van der Waals surface area contributed by atoms with Crippen LogP contribution in [0.15, 0.2) is 0 Å². The normalized spacial score (nSPS) is 11.7. The summed E-state index contributed by atoms with van der Waals surface area (Å²) in [5.74, 6) is 0. The summed E-state index contributed by atoms with van der Waals surface area (Å²) in [7, 11) is 0. The van der Waals surface area contributed by atoms with Gasteiger partial charge in [0.2, 0.25) is 0 Å². The first kappa shape index (κ1) is 14.8. The van der Waals surface area contributed by atoms with Gasteiger partial charge in [-0.2, -0.15) is 0 Å². The third kappa shape index (κ3) is 7.71. The highest BCUT2D eigenvalue weighted by Crippen LogP contribution is 2.22. The Bertz CT molecular complexity index is 183. The van der Waals surface area contributed by atoms with Crippen molar-refractivity contribution in [3.8, 4) is 0 Å². The van der Waals surface area contributed by atoms with Gasteiger partial charge in [0.15, 0.2) is 0 Å². The molecular formula is C11H23NO2S. The topological polar surface area (TPSA) is 44.5 Å². The molecule has 0 fully saturated rings. The van der Waals surface area contributed by atoms with E-state index in [4.69, 9.17) is 27.4 Å². The van der Waals surface area contributed by atoms with Crippen molar-refractivity contribution < 1.29 is 9.47 Å². The lowest BCUT2D eigenvalue weighted by molar-refractivity contribution is 0.0499. The van der Waals surface area contributed by atoms with Crippen molar-refractivity contribution in [2.24, 2.45) is 11.1 Å². The van der Waals surface area contributed by atoms with Crippen LogP contribution in [0.25, 0.3) is 0 Å². The average molecular weight is 233 g/mol. The monoisotopic (exact) mass is 233 g/mol. The average Bonchev–Trinajstić information content (AvgIpc) is 2.16. The maximum atomic E-state index is 5.62. The number of hydrogen-bond donors (Lipinski definition) is 1. The first-order chi connectivity index (χ1) is 7.00. The van der Waals surface area contributed by atoms with E-state index in [-0.39, 0.29) is 5.41 Å². The van der Waals surface area contributed by atoms with Gasteiger partial charge in [0.25, 0.3) is 0 Å². The Hall–Kier alpha value is -0.190. The van der Waals surface area contributed by atoms with Crippen molar-refractivity contribution in [3.05, 3.63) is 0 Å². The molecule has 0 rings (SSSR count). The Balaban J connectivity index is 3.35. The molecule has 0 amide bonds. The summed E-state index contributed by atoms with van der Waals surface area (Å²) >= 11 is 4.98. The van der Waals surface area contributed by atoms with Gasteiger partial charge < -0.3 is 15.2 Å². The number of hydrogen-bond acceptors (Lipinski definition) is 3. The molecule has 0 aliphatic rings. The molecule has 0 heterocycles. The second-order valence-electron chi connectivity index (χ2n) is 4.16. The van der Waals surface area contributed by atoms with Crippen molar-refractivity contribution in [1.82, 2.24) is 0 Å². The minimum Gasteiger partial charge on any atom is -0.393 e. The Morgan fingerprint density at radius 2 is 1.80 bits per heavy atom. The largest absolute Gasteiger partial charge is 0.393 e. The zero-order valence-corrected chi connectivity index (χ0v) is 10.9. The van der Waals surface area contributed by atoms with Crippen molar-refractivity contribution in [1.29, 1.82) is 0 Å². The van der Waals surface area contributed by atoms with E-state index >= 15 is 0 Å². The molecule has 3 nitrogen and oxygen atoms in total. The Morgan fingerprint density at radius 3 is 2.33 bits per heavy atom. The van der Waals surface area contributed by atoms with Crippen molar-refractivity contribution >= 4 is 17.2 Å². The van der Waals surface area contributed by atoms with Crippen LogP contribution in [0.2, 0.25) is 0 Å². The summed E-state index contributed by atoms with van der Waals surface area (Å²) < 4.78 is 10.6. The van der Waals surface area contributed by atoms with E-state index in [0.717, 1.165) is 26.1 Å². The molecule has 0 saturated heterocycles. The second kappa shape index (κ2) is 8.02. The van der Waals surface area contributed by atoms with Crippen LogP contribution in [0.5, 0.6) is 0 Å². The van der Waals surface area contributed by atoms with Crippen molar-refractivity contribution in [2.45, 2.75) is 33.6 Å². The lowest BCUT2D eigenvalue weighted by Crippen LogP contribution is -2.29. The third-order valence-corrected chi connectivity index (χ3v) is 2.89. The van der Waals surface area contributed by atoms with E-state index in [2.05, 4.69) is 13.8 Å². The number of nitrogens with two attached hydrogens (primary N) is 1. The smallest absolute Gasteiger partial charge is 0.0784 e. The minimum atomic E-state index is -0.0569. The molecule has 0 spiro atoms. The molecule has 0 aromatic rings. The fraction of sp³-hybridized carbons (Fsp3) is 0.909. The van der Waals surface area contributed by atoms with E-state index in [9.17, 15) is 0 Å². The number of thiocarbonyl (C=S) groups is 1. The van der Waals surface area contributed by atoms with E-state index in [0.29, 0.717) is 18.2 Å². The van der Waals surface area contributed by atoms with Crippen LogP contribution in [0.4, 0.5) is 0 Å². The SMILES string of the molecule is CCOCCOCCCC(C)(C)C(N)=S. The molecule has 0 aliphatic carbocycles. The number of rotatable bonds is 9. The van der Waals surface area contributed by atoms with Crippen LogP contribution in [0.3, 0.4) is 0 Å². The van der Waals surface area contributed by atoms with Gasteiger partial charge in [-0.25, -0.2) is 0 Å². The summed E-state index contributed by atoms with van der Waals surface area (Å²) in [5.41, 5.74) is 5.56. The van der Waals surface area contributed by atoms with Crippen LogP contribution >= 0.6 is 12.2 Å². The molecule has 0 aromatic carbocycles. The maximum Gasteiger partial charge on any atom is 0.0784 e. The third-order valence-electron chi connectivity index (χ3n) is 2.33. The lowest BCUT2D eigenvalue weighted by atomic mass is 9.88. The van der Waals surface area contributed by atoms with Gasteiger partial charge in [-0.15, -0.1) is 0 Å². The van der Waals surface area contributed by atoms with Crippen LogP contribution in [0.1, 0.15) is 33.6 Å². The summed E-state index contributed by atoms with van der Waals surface area (Å²) in [4.78, 5) is 0.580. The molecule has 0 radical (unpaired) electrons. The number of ether oxygens (including phenoxy) is 2. The van der Waals surface area contributed by atoms with E-state index in [1.807, 2.05) is 6.92 Å². The molecule has 0 saturated carbocycles. The molecule has 0 aliphatic heterocycles. The van der Waals surface area contributed by atoms with E-state index in [1.54, 1.807) is 0 Å². The maximum absolute atomic E-state index is 5.62. The van der Waals surface area contributed by atoms with Gasteiger partial charge in [0.1, 0.15) is 0 Å². The Kier molecular flexibility index (Phi) is 7.92. The highest BCUT2D eigenvalue weighted by molar-refractivity contribution is 7.80. The minimum absolute atomic E-state index is 0.0569. The summed E-state index contributed by atoms with van der Waals surface area (Å²) in [5, 5.41) is 0. The summed E-state index contributed by atoms with van der Waals surface area (Å²) in [6, 6.07) is 0. The van der Waals surface area contributed by atoms with Crippen molar-refractivity contribution in [3.63, 3.8) is 0 Å². The first-order valence-corrected chi connectivity index (χ1v) is 5.87. The Morgan fingerprint density at radius 1 is 1.20 bits per heavy atom. The van der Waals surface area contributed by atoms with E-state index < -0.39 is 0 Å². The molecule has 4 heteroatoms. The molecule has 0 bridgehead atoms. The van der Waals surface area contributed by atoms with Crippen LogP contribution in [0, 0.1) is 5.41 Å². The molecule has 15 heavy (non-hydrogen) atoms. The van der Waals surface area contributed by atoms with Gasteiger partial charge in [0.05, 0.1) is 18.2 Å². The summed E-state index contributed by atoms with van der Waals surface area (Å²) in [6.07, 6.45) is 1.95. The van der Waals surface area contributed by atoms with Crippen LogP contribution < -0.4 is 5.73 Å². The Labute approximate surface area is 98.3 Å². The molecule has 2 N–H and O–H groups in total. The fourth-order valence-electron chi connectivity index (χ4n) is 1.10. The zero-order valence-electron chi connectivity index (χ0n) is 10.0. The van der Waals surface area contributed by atoms with Gasteiger partial charge in [0, 0.05) is 18.6 Å². The van der Waals surface area contributed by atoms with Crippen LogP contribution in [-0.2, 0) is 9.47 Å². The second-order valence-corrected chi connectivity index (χ2v) is 4.60. The molecular weight excluding hydrogens is 210 g/mol. The van der Waals surface area contributed by atoms with Crippen LogP contribution in [-0.4, -0.2) is 31.4 Å². The fourth-order valence-corrected chi connectivity index (χ4v) is 1.21. The first-order valence-electron chi connectivity index (χ1n) is 5.46. The highest BCUT2D eigenvalue weighted by atomic mass is 32.1. The predicted molar refractivity (Wildman–Crippen MR) is 67.1 cm³/mol. The van der Waals surface area contributed by atoms with Gasteiger partial charge >= 0.3 is 0 Å². The van der Waals surface area contributed by atoms with E-state index in [1.165, 1.54) is 0 Å². The lowest BCUT2D eigenvalue weighted by Gasteiger charge is -2.22. The standard InChI is InChI=1S/C11H23NO2S/c1-4-13-8-9-14-7-5-6-11(2,3)10(12)15/h4-9H2,1-3H3,(H2,12,15). The predicted octanol–water partition coefficient (Wildman–Crippen LogP) is 2.13. The summed E-state index contributed by atoms with van der Waals surface area (Å²) in [6.45, 7) is 8.95. The molecule has 0 atom stereocenters. The highest BCUT2D eigenvalue weighted by Gasteiger charge is 2.20. The van der Waals surface area contributed by atoms with Crippen molar-refractivity contribution in [2.75, 3.05) is 26.4 Å².